The number of aromatic nitrogens is 2. The molecule has 28 heavy (non-hydrogen) atoms. The van der Waals surface area contributed by atoms with Gasteiger partial charge in [0.25, 0.3) is 5.69 Å². The molecule has 1 unspecified atom stereocenters. The summed E-state index contributed by atoms with van der Waals surface area (Å²) in [6.45, 7) is -0.267. The predicted octanol–water partition coefficient (Wildman–Crippen LogP) is 1.11. The number of aromatic amines is 2. The molecule has 2 heterocycles. The number of furan rings is 1. The Morgan fingerprint density at radius 1 is 1.25 bits per heavy atom. The van der Waals surface area contributed by atoms with Crippen molar-refractivity contribution in [3.05, 3.63) is 72.7 Å². The summed E-state index contributed by atoms with van der Waals surface area (Å²) in [7, 11) is -4.68. The minimum absolute atomic E-state index is 0. The number of non-ortho nitro benzene ring substituents is 1. The number of hydrogen-bond donors (Lipinski definition) is 5. The smallest absolute Gasteiger partial charge is 0.350 e. The van der Waals surface area contributed by atoms with Crippen LogP contribution in [0.4, 0.5) is 5.69 Å². The van der Waals surface area contributed by atoms with Gasteiger partial charge in [-0.25, -0.2) is 0 Å². The van der Waals surface area contributed by atoms with Gasteiger partial charge in [-0.05, 0) is 17.7 Å². The highest BCUT2D eigenvalue weighted by Gasteiger charge is 2.32. The highest BCUT2D eigenvalue weighted by molar-refractivity contribution is 7.52. The second-order valence-corrected chi connectivity index (χ2v) is 7.28. The Morgan fingerprint density at radius 2 is 1.93 bits per heavy atom. The lowest BCUT2D eigenvalue weighted by Crippen LogP contribution is -2.29. The monoisotopic (exact) mass is 432 g/mol. The first-order valence-corrected chi connectivity index (χ1v) is 9.10. The Hall–Kier alpha value is -2.76. The van der Waals surface area contributed by atoms with Crippen LogP contribution in [0, 0.1) is 10.1 Å². The predicted molar refractivity (Wildman–Crippen MR) is 99.4 cm³/mol. The number of halogens is 1. The lowest BCUT2D eigenvalue weighted by molar-refractivity contribution is -0.384. The average molecular weight is 433 g/mol. The van der Waals surface area contributed by atoms with Gasteiger partial charge in [-0.1, -0.05) is 0 Å². The third-order valence-corrected chi connectivity index (χ3v) is 4.85. The number of nitrogens with one attached hydrogen (secondary N) is 3. The van der Waals surface area contributed by atoms with Gasteiger partial charge < -0.3 is 24.2 Å². The van der Waals surface area contributed by atoms with Crippen LogP contribution in [0.1, 0.15) is 17.1 Å². The van der Waals surface area contributed by atoms with Crippen LogP contribution in [0.15, 0.2) is 44.5 Å². The van der Waals surface area contributed by atoms with E-state index in [1.807, 2.05) is 0 Å². The van der Waals surface area contributed by atoms with Crippen LogP contribution in [-0.4, -0.2) is 24.7 Å². The fourth-order valence-corrected chi connectivity index (χ4v) is 3.37. The number of hydrogen-bond acceptors (Lipinski definition) is 7. The Bertz CT molecular complexity index is 1170. The summed E-state index contributed by atoms with van der Waals surface area (Å²) in [5.41, 5.74) is -2.05. The lowest BCUT2D eigenvalue weighted by Gasteiger charge is -2.18. The first-order chi connectivity index (χ1) is 12.7. The molecule has 0 aliphatic rings. The zero-order valence-electron chi connectivity index (χ0n) is 13.8. The van der Waals surface area contributed by atoms with Crippen LogP contribution in [0.5, 0.6) is 0 Å². The van der Waals surface area contributed by atoms with E-state index in [-0.39, 0.29) is 47.0 Å². The molecule has 14 heteroatoms. The number of nitrogens with zero attached hydrogens (tertiary/aromatic N) is 1. The molecule has 150 valence electrons. The maximum atomic E-state index is 11.7. The van der Waals surface area contributed by atoms with Gasteiger partial charge in [0.1, 0.15) is 5.76 Å². The number of nitro groups is 1. The molecule has 2 aromatic heterocycles. The Balaban J connectivity index is 0.00000280. The molecule has 0 radical (unpaired) electrons. The summed E-state index contributed by atoms with van der Waals surface area (Å²) in [6, 6.07) is 5.01. The molecule has 12 nitrogen and oxygen atoms in total. The third-order valence-electron chi connectivity index (χ3n) is 3.74. The van der Waals surface area contributed by atoms with Crippen molar-refractivity contribution in [3.63, 3.8) is 0 Å². The van der Waals surface area contributed by atoms with Gasteiger partial charge in [0, 0.05) is 18.7 Å². The molecule has 0 amide bonds. The second-order valence-electron chi connectivity index (χ2n) is 5.58. The number of benzene rings is 1. The Kier molecular flexibility index (Phi) is 6.22. The van der Waals surface area contributed by atoms with E-state index >= 15 is 0 Å². The van der Waals surface area contributed by atoms with Gasteiger partial charge in [-0.2, -0.15) is 0 Å². The van der Waals surface area contributed by atoms with E-state index in [1.165, 1.54) is 18.4 Å². The Morgan fingerprint density at radius 3 is 2.50 bits per heavy atom. The van der Waals surface area contributed by atoms with Crippen LogP contribution in [0.2, 0.25) is 0 Å². The SMILES string of the molecule is Cl.O=c1[nH]c2cc([N+](=O)[O-])cc(CNC(c3ccco3)P(=O)(O)O)c2[nH]c1=O. The first-order valence-electron chi connectivity index (χ1n) is 7.42. The lowest BCUT2D eigenvalue weighted by atomic mass is 10.1. The molecule has 5 N–H and O–H groups in total. The van der Waals surface area contributed by atoms with E-state index in [4.69, 9.17) is 4.42 Å². The quantitative estimate of drug-likeness (QED) is 0.164. The highest BCUT2D eigenvalue weighted by atomic mass is 35.5. The van der Waals surface area contributed by atoms with E-state index in [1.54, 1.807) is 0 Å². The fraction of sp³-hybridized carbons (Fsp3) is 0.143. The zero-order chi connectivity index (χ0) is 19.8. The summed E-state index contributed by atoms with van der Waals surface area (Å²) in [5.74, 6) is -1.53. The molecule has 0 aliphatic heterocycles. The van der Waals surface area contributed by atoms with Crippen molar-refractivity contribution in [2.45, 2.75) is 12.3 Å². The van der Waals surface area contributed by atoms with Crippen molar-refractivity contribution < 1.29 is 23.7 Å². The van der Waals surface area contributed by atoms with Crippen molar-refractivity contribution in [2.75, 3.05) is 0 Å². The molecule has 1 atom stereocenters. The van der Waals surface area contributed by atoms with E-state index in [9.17, 15) is 34.1 Å². The number of nitro benzene ring substituents is 1. The molecule has 0 bridgehead atoms. The molecule has 0 saturated heterocycles. The minimum atomic E-state index is -4.68. The van der Waals surface area contributed by atoms with Gasteiger partial charge in [-0.15, -0.1) is 12.4 Å². The number of H-pyrrole nitrogens is 2. The highest BCUT2D eigenvalue weighted by Crippen LogP contribution is 2.50. The summed E-state index contributed by atoms with van der Waals surface area (Å²) in [6.07, 6.45) is 1.24. The first kappa shape index (κ1) is 21.5. The van der Waals surface area contributed by atoms with Gasteiger partial charge >= 0.3 is 18.7 Å². The fourth-order valence-electron chi connectivity index (χ4n) is 2.56. The standard InChI is InChI=1S/C14H13N4O8P.ClH/c19-12-13(20)17-11-7(4-8(18(21)22)5-9(11)16-12)6-15-14(27(23,24)25)10-2-1-3-26-10;/h1-5,14-15H,6H2,(H,16,19)(H,17,20)(H2,23,24,25);1H. The van der Waals surface area contributed by atoms with Crippen molar-refractivity contribution in [1.29, 1.82) is 0 Å². The number of fused-ring (bicyclic) bond motifs is 1. The molecule has 0 aliphatic carbocycles. The zero-order valence-corrected chi connectivity index (χ0v) is 15.5. The van der Waals surface area contributed by atoms with Crippen molar-refractivity contribution in [1.82, 2.24) is 15.3 Å². The molecule has 0 saturated carbocycles. The molecule has 1 aromatic carbocycles. The van der Waals surface area contributed by atoms with Crippen LogP contribution in [0.3, 0.4) is 0 Å². The van der Waals surface area contributed by atoms with Crippen LogP contribution in [-0.2, 0) is 11.1 Å². The van der Waals surface area contributed by atoms with E-state index < -0.39 is 29.4 Å². The van der Waals surface area contributed by atoms with Crippen LogP contribution >= 0.6 is 20.0 Å². The summed E-state index contributed by atoms with van der Waals surface area (Å²) >= 11 is 0. The largest absolute Gasteiger partial charge is 0.467 e. The molecular formula is C14H14ClN4O8P. The normalized spacial score (nSPS) is 12.5. The second kappa shape index (κ2) is 8.09. The topological polar surface area (TPSA) is 192 Å². The molecular weight excluding hydrogens is 419 g/mol. The Labute approximate surface area is 161 Å². The molecule has 0 fully saturated rings. The van der Waals surface area contributed by atoms with E-state index in [0.29, 0.717) is 0 Å². The van der Waals surface area contributed by atoms with Gasteiger partial charge in [0.15, 0.2) is 5.78 Å². The average Bonchev–Trinajstić information content (AvgIpc) is 3.09. The maximum Gasteiger partial charge on any atom is 0.350 e. The number of rotatable bonds is 6. The van der Waals surface area contributed by atoms with Crippen molar-refractivity contribution >= 4 is 36.7 Å². The van der Waals surface area contributed by atoms with Crippen molar-refractivity contribution in [3.8, 4) is 0 Å². The molecule has 3 aromatic rings. The minimum Gasteiger partial charge on any atom is -0.467 e. The van der Waals surface area contributed by atoms with Gasteiger partial charge in [-0.3, -0.25) is 29.6 Å². The summed E-state index contributed by atoms with van der Waals surface area (Å²) in [4.78, 5) is 57.1. The summed E-state index contributed by atoms with van der Waals surface area (Å²) in [5, 5.41) is 13.7. The van der Waals surface area contributed by atoms with Crippen LogP contribution < -0.4 is 16.4 Å². The molecule has 3 rings (SSSR count). The molecule has 0 spiro atoms. The van der Waals surface area contributed by atoms with E-state index in [0.717, 1.165) is 12.1 Å². The van der Waals surface area contributed by atoms with Crippen molar-refractivity contribution in [2.24, 2.45) is 0 Å². The third kappa shape index (κ3) is 4.38. The van der Waals surface area contributed by atoms with Gasteiger partial charge in [0.05, 0.1) is 22.2 Å². The van der Waals surface area contributed by atoms with Crippen LogP contribution in [0.25, 0.3) is 11.0 Å². The summed E-state index contributed by atoms with van der Waals surface area (Å²) < 4.78 is 16.8. The maximum absolute atomic E-state index is 11.7. The van der Waals surface area contributed by atoms with Gasteiger partial charge in [0.2, 0.25) is 0 Å². The van der Waals surface area contributed by atoms with E-state index in [2.05, 4.69) is 15.3 Å².